The van der Waals surface area contributed by atoms with E-state index in [1.54, 1.807) is 0 Å². The molecule has 0 bridgehead atoms. The van der Waals surface area contributed by atoms with Gasteiger partial charge in [-0.1, -0.05) is 48.5 Å². The lowest BCUT2D eigenvalue weighted by Gasteiger charge is -2.14. The smallest absolute Gasteiger partial charge is 0.407 e. The van der Waals surface area contributed by atoms with Crippen molar-refractivity contribution in [2.75, 3.05) is 26.3 Å². The molecule has 8 nitrogen and oxygen atoms in total. The minimum atomic E-state index is -0.865. The van der Waals surface area contributed by atoms with Crippen LogP contribution in [0.4, 0.5) is 4.79 Å². The molecule has 0 spiro atoms. The molecule has 8 heteroatoms. The van der Waals surface area contributed by atoms with E-state index < -0.39 is 18.0 Å². The fourth-order valence-electron chi connectivity index (χ4n) is 5.02. The fraction of sp³-hybridized carbons (Fsp3) is 0.423. The Labute approximate surface area is 197 Å². The minimum Gasteiger partial charge on any atom is -0.481 e. The molecule has 2 amide bonds. The number of hydrogen-bond donors (Lipinski definition) is 3. The van der Waals surface area contributed by atoms with Crippen LogP contribution in [0.25, 0.3) is 11.1 Å². The summed E-state index contributed by atoms with van der Waals surface area (Å²) < 4.78 is 11.0. The highest BCUT2D eigenvalue weighted by atomic mass is 16.5. The molecule has 2 unspecified atom stereocenters. The molecule has 1 heterocycles. The van der Waals surface area contributed by atoms with E-state index in [0.29, 0.717) is 25.9 Å². The van der Waals surface area contributed by atoms with Gasteiger partial charge in [0.05, 0.1) is 18.6 Å². The Kier molecular flexibility index (Phi) is 6.24. The van der Waals surface area contributed by atoms with Gasteiger partial charge in [-0.3, -0.25) is 9.59 Å². The van der Waals surface area contributed by atoms with Crippen LogP contribution in [0.2, 0.25) is 0 Å². The van der Waals surface area contributed by atoms with Crippen LogP contribution in [0, 0.1) is 17.8 Å². The Bertz CT molecular complexity index is 1060. The van der Waals surface area contributed by atoms with Gasteiger partial charge in [-0.2, -0.15) is 0 Å². The quantitative estimate of drug-likeness (QED) is 0.554. The molecule has 34 heavy (non-hydrogen) atoms. The number of hydrogen-bond acceptors (Lipinski definition) is 5. The first-order chi connectivity index (χ1) is 16.5. The van der Waals surface area contributed by atoms with Crippen LogP contribution in [0.3, 0.4) is 0 Å². The molecule has 1 saturated carbocycles. The number of fused-ring (bicyclic) bond motifs is 3. The molecule has 178 valence electrons. The predicted octanol–water partition coefficient (Wildman–Crippen LogP) is 2.77. The van der Waals surface area contributed by atoms with E-state index >= 15 is 0 Å². The van der Waals surface area contributed by atoms with E-state index in [2.05, 4.69) is 34.9 Å². The number of aliphatic carboxylic acids is 1. The average molecular weight is 465 g/mol. The second-order valence-electron chi connectivity index (χ2n) is 9.28. The molecule has 1 saturated heterocycles. The third-order valence-electron chi connectivity index (χ3n) is 7.05. The van der Waals surface area contributed by atoms with Gasteiger partial charge < -0.3 is 25.2 Å². The summed E-state index contributed by atoms with van der Waals surface area (Å²) in [6, 6.07) is 16.4. The molecule has 2 aromatic rings. The van der Waals surface area contributed by atoms with Gasteiger partial charge in [0.25, 0.3) is 0 Å². The standard InChI is InChI=1S/C26H28N2O6/c29-24(27-12-17-9-16(13-33-17)25(30)31)22-10-15(22)11-28-26(32)34-14-23-20-7-3-1-5-18(20)19-6-2-4-8-21(19)23/h1-8,15-17,22-23H,9-14H2,(H,27,29)(H,28,32)(H,30,31)/t15-,16?,17?,22-/m1/s1. The lowest BCUT2D eigenvalue weighted by atomic mass is 9.98. The first-order valence-corrected chi connectivity index (χ1v) is 11.7. The van der Waals surface area contributed by atoms with Crippen molar-refractivity contribution >= 4 is 18.0 Å². The molecule has 3 N–H and O–H groups in total. The number of amides is 2. The number of alkyl carbamates (subject to hydrolysis) is 1. The summed E-state index contributed by atoms with van der Waals surface area (Å²) in [4.78, 5) is 35.7. The summed E-state index contributed by atoms with van der Waals surface area (Å²) in [5, 5.41) is 14.6. The zero-order valence-electron chi connectivity index (χ0n) is 18.7. The zero-order valence-corrected chi connectivity index (χ0v) is 18.7. The van der Waals surface area contributed by atoms with Crippen molar-refractivity contribution in [3.05, 3.63) is 59.7 Å². The van der Waals surface area contributed by atoms with E-state index in [0.717, 1.165) is 11.1 Å². The van der Waals surface area contributed by atoms with Crippen LogP contribution in [0.15, 0.2) is 48.5 Å². The minimum absolute atomic E-state index is 0.0103. The number of rotatable bonds is 8. The molecule has 0 aromatic heterocycles. The molecule has 4 atom stereocenters. The highest BCUT2D eigenvalue weighted by molar-refractivity contribution is 5.82. The molecule has 2 aromatic carbocycles. The highest BCUT2D eigenvalue weighted by Gasteiger charge is 2.43. The Morgan fingerprint density at radius 1 is 0.941 bits per heavy atom. The van der Waals surface area contributed by atoms with Gasteiger partial charge in [0.1, 0.15) is 6.61 Å². The lowest BCUT2D eigenvalue weighted by Crippen LogP contribution is -2.34. The van der Waals surface area contributed by atoms with Gasteiger partial charge in [0.2, 0.25) is 5.91 Å². The summed E-state index contributed by atoms with van der Waals surface area (Å²) >= 11 is 0. The Morgan fingerprint density at radius 3 is 2.26 bits per heavy atom. The third-order valence-corrected chi connectivity index (χ3v) is 7.05. The summed E-state index contributed by atoms with van der Waals surface area (Å²) in [6.45, 7) is 1.14. The summed E-state index contributed by atoms with van der Waals surface area (Å²) in [7, 11) is 0. The van der Waals surface area contributed by atoms with Crippen LogP contribution in [-0.4, -0.2) is 55.5 Å². The van der Waals surface area contributed by atoms with Crippen LogP contribution < -0.4 is 10.6 Å². The molecule has 1 aliphatic heterocycles. The summed E-state index contributed by atoms with van der Waals surface area (Å²) in [5.41, 5.74) is 4.69. The SMILES string of the molecule is O=C(NC[C@H]1C[C@H]1C(=O)NCC1CC(C(=O)O)CO1)OCC1c2ccccc2-c2ccccc21. The highest BCUT2D eigenvalue weighted by Crippen LogP contribution is 2.44. The van der Waals surface area contributed by atoms with Crippen molar-refractivity contribution in [3.63, 3.8) is 0 Å². The zero-order chi connectivity index (χ0) is 23.7. The van der Waals surface area contributed by atoms with E-state index in [1.807, 2.05) is 24.3 Å². The summed E-state index contributed by atoms with van der Waals surface area (Å²) in [6.07, 6.45) is 0.374. The maximum atomic E-state index is 12.3. The van der Waals surface area contributed by atoms with Crippen molar-refractivity contribution in [2.45, 2.75) is 24.9 Å². The normalized spacial score (nSPS) is 24.7. The number of ether oxygens (including phenoxy) is 2. The molecule has 3 aliphatic rings. The van der Waals surface area contributed by atoms with Crippen LogP contribution in [0.1, 0.15) is 29.9 Å². The molecule has 2 fully saturated rings. The topological polar surface area (TPSA) is 114 Å². The van der Waals surface area contributed by atoms with Crippen molar-refractivity contribution in [2.24, 2.45) is 17.8 Å². The largest absolute Gasteiger partial charge is 0.481 e. The van der Waals surface area contributed by atoms with Crippen LogP contribution in [-0.2, 0) is 19.1 Å². The molecule has 5 rings (SSSR count). The number of nitrogens with one attached hydrogen (secondary N) is 2. The number of carbonyl (C=O) groups excluding carboxylic acids is 2. The average Bonchev–Trinajstić information content (AvgIpc) is 3.34. The van der Waals surface area contributed by atoms with E-state index in [4.69, 9.17) is 14.6 Å². The Balaban J connectivity index is 1.04. The molecular formula is C26H28N2O6. The Morgan fingerprint density at radius 2 is 1.62 bits per heavy atom. The predicted molar refractivity (Wildman–Crippen MR) is 123 cm³/mol. The van der Waals surface area contributed by atoms with Crippen LogP contribution >= 0.6 is 0 Å². The van der Waals surface area contributed by atoms with Crippen LogP contribution in [0.5, 0.6) is 0 Å². The molecular weight excluding hydrogens is 436 g/mol. The maximum Gasteiger partial charge on any atom is 0.407 e. The van der Waals surface area contributed by atoms with Gasteiger partial charge in [-0.05, 0) is 41.0 Å². The van der Waals surface area contributed by atoms with Gasteiger partial charge in [-0.25, -0.2) is 4.79 Å². The lowest BCUT2D eigenvalue weighted by molar-refractivity contribution is -0.141. The summed E-state index contributed by atoms with van der Waals surface area (Å²) in [5.74, 6) is -1.51. The molecule has 0 radical (unpaired) electrons. The van der Waals surface area contributed by atoms with Gasteiger partial charge in [0.15, 0.2) is 0 Å². The maximum absolute atomic E-state index is 12.3. The first-order valence-electron chi connectivity index (χ1n) is 11.7. The van der Waals surface area contributed by atoms with E-state index in [9.17, 15) is 14.4 Å². The third kappa shape index (κ3) is 4.63. The van der Waals surface area contributed by atoms with Crippen molar-refractivity contribution in [3.8, 4) is 11.1 Å². The Hall–Kier alpha value is -3.39. The van der Waals surface area contributed by atoms with Gasteiger partial charge >= 0.3 is 12.1 Å². The van der Waals surface area contributed by atoms with Gasteiger partial charge in [0, 0.05) is 24.9 Å². The fourth-order valence-corrected chi connectivity index (χ4v) is 5.02. The molecule has 2 aliphatic carbocycles. The van der Waals surface area contributed by atoms with Crippen molar-refractivity contribution in [1.29, 1.82) is 0 Å². The van der Waals surface area contributed by atoms with Crippen molar-refractivity contribution in [1.82, 2.24) is 10.6 Å². The monoisotopic (exact) mass is 464 g/mol. The van der Waals surface area contributed by atoms with Gasteiger partial charge in [-0.15, -0.1) is 0 Å². The number of carboxylic acid groups (broad SMARTS) is 1. The number of benzene rings is 2. The first kappa shape index (κ1) is 22.4. The number of carboxylic acids is 1. The van der Waals surface area contributed by atoms with E-state index in [-0.39, 0.29) is 43.0 Å². The van der Waals surface area contributed by atoms with Crippen molar-refractivity contribution < 1.29 is 29.0 Å². The number of carbonyl (C=O) groups is 3. The second-order valence-corrected chi connectivity index (χ2v) is 9.28. The second kappa shape index (κ2) is 9.46. The van der Waals surface area contributed by atoms with E-state index in [1.165, 1.54) is 11.1 Å².